The number of nitrogens with zero attached hydrogens (tertiary/aromatic N) is 3. The van der Waals surface area contributed by atoms with Gasteiger partial charge in [0.15, 0.2) is 11.4 Å². The Morgan fingerprint density at radius 2 is 2.00 bits per heavy atom. The molecule has 29 heavy (non-hydrogen) atoms. The highest BCUT2D eigenvalue weighted by Crippen LogP contribution is 2.29. The third kappa shape index (κ3) is 4.75. The van der Waals surface area contributed by atoms with Crippen molar-refractivity contribution in [2.24, 2.45) is 7.05 Å². The topological polar surface area (TPSA) is 76.5 Å². The molecule has 0 atom stereocenters. The number of ether oxygens (including phenoxy) is 1. The summed E-state index contributed by atoms with van der Waals surface area (Å²) in [5.74, 6) is 0.621. The van der Waals surface area contributed by atoms with Gasteiger partial charge < -0.3 is 15.0 Å². The second kappa shape index (κ2) is 8.79. The van der Waals surface area contributed by atoms with Crippen molar-refractivity contribution < 1.29 is 9.53 Å². The molecule has 8 heteroatoms. The summed E-state index contributed by atoms with van der Waals surface area (Å²) in [6.07, 6.45) is 1.45. The standard InChI is InChI=1S/C21H21ClN4O3/c1-4-25(2)20(27)14-7-5-9-16(11-14)24-19-18(13-23-26(3)21(19)28)29-17-10-6-8-15(22)12-17/h5-13,24H,4H2,1-3H3. The monoisotopic (exact) mass is 412 g/mol. The first-order valence-corrected chi connectivity index (χ1v) is 9.39. The maximum Gasteiger partial charge on any atom is 0.294 e. The SMILES string of the molecule is CCN(C)C(=O)c1cccc(Nc2c(Oc3cccc(Cl)c3)cnn(C)c2=O)c1. The number of amides is 1. The molecular formula is C21H21ClN4O3. The van der Waals surface area contributed by atoms with Gasteiger partial charge in [0.1, 0.15) is 5.75 Å². The molecule has 0 saturated heterocycles. The minimum Gasteiger partial charge on any atom is -0.453 e. The van der Waals surface area contributed by atoms with Gasteiger partial charge in [0.05, 0.1) is 6.20 Å². The zero-order valence-electron chi connectivity index (χ0n) is 16.3. The molecule has 0 unspecified atom stereocenters. The van der Waals surface area contributed by atoms with Crippen LogP contribution in [0.3, 0.4) is 0 Å². The number of anilines is 2. The van der Waals surface area contributed by atoms with Gasteiger partial charge in [0.2, 0.25) is 0 Å². The van der Waals surface area contributed by atoms with E-state index in [9.17, 15) is 9.59 Å². The van der Waals surface area contributed by atoms with Crippen LogP contribution in [0, 0.1) is 0 Å². The van der Waals surface area contributed by atoms with Gasteiger partial charge in [-0.25, -0.2) is 4.68 Å². The van der Waals surface area contributed by atoms with Crippen molar-refractivity contribution in [3.8, 4) is 11.5 Å². The van der Waals surface area contributed by atoms with E-state index in [0.29, 0.717) is 28.6 Å². The summed E-state index contributed by atoms with van der Waals surface area (Å²) >= 11 is 6.01. The summed E-state index contributed by atoms with van der Waals surface area (Å²) < 4.78 is 7.04. The van der Waals surface area contributed by atoms with Gasteiger partial charge in [0, 0.05) is 36.9 Å². The molecule has 1 N–H and O–H groups in total. The van der Waals surface area contributed by atoms with Crippen LogP contribution in [0.2, 0.25) is 5.02 Å². The van der Waals surface area contributed by atoms with Gasteiger partial charge in [-0.05, 0) is 43.3 Å². The van der Waals surface area contributed by atoms with E-state index >= 15 is 0 Å². The van der Waals surface area contributed by atoms with Crippen LogP contribution in [-0.4, -0.2) is 34.2 Å². The second-order valence-electron chi connectivity index (χ2n) is 6.40. The summed E-state index contributed by atoms with van der Waals surface area (Å²) in [6, 6.07) is 13.8. The first-order chi connectivity index (χ1) is 13.9. The van der Waals surface area contributed by atoms with E-state index in [-0.39, 0.29) is 22.9 Å². The van der Waals surface area contributed by atoms with Gasteiger partial charge in [-0.15, -0.1) is 0 Å². The molecule has 0 bridgehead atoms. The quantitative estimate of drug-likeness (QED) is 0.660. The molecular weight excluding hydrogens is 392 g/mol. The summed E-state index contributed by atoms with van der Waals surface area (Å²) in [6.45, 7) is 2.50. The normalized spacial score (nSPS) is 10.5. The van der Waals surface area contributed by atoms with Crippen LogP contribution >= 0.6 is 11.6 Å². The number of hydrogen-bond donors (Lipinski definition) is 1. The zero-order valence-corrected chi connectivity index (χ0v) is 17.1. The molecule has 1 amide bonds. The highest BCUT2D eigenvalue weighted by atomic mass is 35.5. The van der Waals surface area contributed by atoms with E-state index in [1.807, 2.05) is 6.92 Å². The van der Waals surface area contributed by atoms with Crippen LogP contribution in [0.5, 0.6) is 11.5 Å². The number of carbonyl (C=O) groups is 1. The van der Waals surface area contributed by atoms with E-state index in [1.165, 1.54) is 10.9 Å². The summed E-state index contributed by atoms with van der Waals surface area (Å²) in [5.41, 5.74) is 0.935. The minimum atomic E-state index is -0.369. The van der Waals surface area contributed by atoms with Crippen molar-refractivity contribution in [1.82, 2.24) is 14.7 Å². The van der Waals surface area contributed by atoms with Crippen molar-refractivity contribution >= 4 is 28.9 Å². The predicted molar refractivity (Wildman–Crippen MR) is 113 cm³/mol. The average Bonchev–Trinajstić information content (AvgIpc) is 2.72. The smallest absolute Gasteiger partial charge is 0.294 e. The molecule has 0 fully saturated rings. The summed E-state index contributed by atoms with van der Waals surface area (Å²) in [5, 5.41) is 7.61. The van der Waals surface area contributed by atoms with Gasteiger partial charge >= 0.3 is 0 Å². The van der Waals surface area contributed by atoms with E-state index < -0.39 is 0 Å². The van der Waals surface area contributed by atoms with Crippen molar-refractivity contribution in [1.29, 1.82) is 0 Å². The molecule has 0 saturated carbocycles. The average molecular weight is 413 g/mol. The lowest BCUT2D eigenvalue weighted by Gasteiger charge is -2.16. The molecule has 0 aliphatic rings. The third-order valence-electron chi connectivity index (χ3n) is 4.33. The van der Waals surface area contributed by atoms with Gasteiger partial charge in [-0.2, -0.15) is 5.10 Å². The largest absolute Gasteiger partial charge is 0.453 e. The van der Waals surface area contributed by atoms with Crippen LogP contribution in [0.1, 0.15) is 17.3 Å². The molecule has 1 heterocycles. The Morgan fingerprint density at radius 3 is 2.72 bits per heavy atom. The first-order valence-electron chi connectivity index (χ1n) is 9.01. The van der Waals surface area contributed by atoms with Gasteiger partial charge in [-0.1, -0.05) is 23.7 Å². The molecule has 0 spiro atoms. The number of nitrogens with one attached hydrogen (secondary N) is 1. The predicted octanol–water partition coefficient (Wildman–Crippen LogP) is 4.06. The highest BCUT2D eigenvalue weighted by molar-refractivity contribution is 6.30. The molecule has 1 aromatic heterocycles. The minimum absolute atomic E-state index is 0.103. The van der Waals surface area contributed by atoms with E-state index in [0.717, 1.165) is 0 Å². The van der Waals surface area contributed by atoms with Gasteiger partial charge in [0.25, 0.3) is 11.5 Å². The van der Waals surface area contributed by atoms with E-state index in [4.69, 9.17) is 16.3 Å². The number of benzene rings is 2. The van der Waals surface area contributed by atoms with Crippen LogP contribution in [0.15, 0.2) is 59.5 Å². The third-order valence-corrected chi connectivity index (χ3v) is 4.56. The summed E-state index contributed by atoms with van der Waals surface area (Å²) in [7, 11) is 3.28. The lowest BCUT2D eigenvalue weighted by molar-refractivity contribution is 0.0802. The van der Waals surface area contributed by atoms with E-state index in [2.05, 4.69) is 10.4 Å². The maximum atomic E-state index is 12.7. The van der Waals surface area contributed by atoms with Crippen LogP contribution in [-0.2, 0) is 7.05 Å². The molecule has 150 valence electrons. The van der Waals surface area contributed by atoms with E-state index in [1.54, 1.807) is 67.5 Å². The lowest BCUT2D eigenvalue weighted by atomic mass is 10.1. The molecule has 2 aromatic carbocycles. The molecule has 0 radical (unpaired) electrons. The Bertz CT molecular complexity index is 1100. The fourth-order valence-corrected chi connectivity index (χ4v) is 2.79. The van der Waals surface area contributed by atoms with Crippen molar-refractivity contribution in [3.05, 3.63) is 75.7 Å². The summed E-state index contributed by atoms with van der Waals surface area (Å²) in [4.78, 5) is 26.7. The van der Waals surface area contributed by atoms with Crippen LogP contribution in [0.25, 0.3) is 0 Å². The molecule has 0 aliphatic carbocycles. The van der Waals surface area contributed by atoms with Crippen LogP contribution < -0.4 is 15.6 Å². The van der Waals surface area contributed by atoms with Gasteiger partial charge in [-0.3, -0.25) is 9.59 Å². The fourth-order valence-electron chi connectivity index (χ4n) is 2.61. The van der Waals surface area contributed by atoms with Crippen molar-refractivity contribution in [2.45, 2.75) is 6.92 Å². The second-order valence-corrected chi connectivity index (χ2v) is 6.83. The fraction of sp³-hybridized carbons (Fsp3) is 0.190. The van der Waals surface area contributed by atoms with Crippen molar-refractivity contribution in [3.63, 3.8) is 0 Å². The highest BCUT2D eigenvalue weighted by Gasteiger charge is 2.15. The Labute approximate surface area is 173 Å². The van der Waals surface area contributed by atoms with Crippen molar-refractivity contribution in [2.75, 3.05) is 18.9 Å². The molecule has 0 aliphatic heterocycles. The number of aromatic nitrogens is 2. The Kier molecular flexibility index (Phi) is 6.19. The molecule has 3 rings (SSSR count). The molecule has 7 nitrogen and oxygen atoms in total. The zero-order chi connectivity index (χ0) is 21.0. The number of hydrogen-bond acceptors (Lipinski definition) is 5. The van der Waals surface area contributed by atoms with Crippen LogP contribution in [0.4, 0.5) is 11.4 Å². The number of rotatable bonds is 6. The molecule has 3 aromatic rings. The lowest BCUT2D eigenvalue weighted by Crippen LogP contribution is -2.26. The Hall–Kier alpha value is -3.32. The Morgan fingerprint density at radius 1 is 1.24 bits per heavy atom. The number of aryl methyl sites for hydroxylation is 1. The number of carbonyl (C=O) groups excluding carboxylic acids is 1. The first kappa shape index (κ1) is 20.4. The Balaban J connectivity index is 1.96. The maximum absolute atomic E-state index is 12.7. The number of halogens is 1.